The van der Waals surface area contributed by atoms with Crippen LogP contribution in [0.4, 0.5) is 10.5 Å². The average molecular weight is 441 g/mol. The molecule has 3 saturated heterocycles. The lowest BCUT2D eigenvalue weighted by molar-refractivity contribution is -0.127. The van der Waals surface area contributed by atoms with Gasteiger partial charge in [-0.15, -0.1) is 0 Å². The highest BCUT2D eigenvalue weighted by molar-refractivity contribution is 6.00. The highest BCUT2D eigenvalue weighted by atomic mass is 16.2. The zero-order chi connectivity index (χ0) is 22.7. The van der Waals surface area contributed by atoms with E-state index in [2.05, 4.69) is 31.3 Å². The summed E-state index contributed by atoms with van der Waals surface area (Å²) in [4.78, 5) is 43.7. The SMILES string of the molecule is CC(C)c1ccc(N2CC(C(=O)NC3CCN(C(=O)N4CCCCC4)CC3)CC2=O)cc1. The van der Waals surface area contributed by atoms with Crippen molar-refractivity contribution >= 4 is 23.5 Å². The fourth-order valence-corrected chi connectivity index (χ4v) is 4.99. The Hall–Kier alpha value is -2.57. The fraction of sp³-hybridized carbons (Fsp3) is 0.640. The van der Waals surface area contributed by atoms with Crippen LogP contribution in [-0.4, -0.2) is 66.4 Å². The zero-order valence-electron chi connectivity index (χ0n) is 19.4. The molecule has 0 bridgehead atoms. The third-order valence-electron chi connectivity index (χ3n) is 7.11. The molecule has 0 aromatic heterocycles. The minimum atomic E-state index is -0.319. The lowest BCUT2D eigenvalue weighted by Crippen LogP contribution is -2.52. The van der Waals surface area contributed by atoms with Crippen LogP contribution >= 0.6 is 0 Å². The van der Waals surface area contributed by atoms with Crippen LogP contribution in [0.5, 0.6) is 0 Å². The number of piperidine rings is 2. The van der Waals surface area contributed by atoms with Gasteiger partial charge in [-0.1, -0.05) is 26.0 Å². The van der Waals surface area contributed by atoms with Crippen molar-refractivity contribution in [3.05, 3.63) is 29.8 Å². The van der Waals surface area contributed by atoms with E-state index >= 15 is 0 Å². The van der Waals surface area contributed by atoms with Gasteiger partial charge >= 0.3 is 6.03 Å². The molecule has 32 heavy (non-hydrogen) atoms. The molecule has 7 heteroatoms. The second kappa shape index (κ2) is 9.92. The number of carbonyl (C=O) groups excluding carboxylic acids is 3. The quantitative estimate of drug-likeness (QED) is 0.780. The molecule has 4 rings (SSSR count). The van der Waals surface area contributed by atoms with Crippen molar-refractivity contribution in [1.82, 2.24) is 15.1 Å². The molecular formula is C25H36N4O3. The monoisotopic (exact) mass is 440 g/mol. The van der Waals surface area contributed by atoms with Gasteiger partial charge in [0.15, 0.2) is 0 Å². The van der Waals surface area contributed by atoms with Crippen LogP contribution in [-0.2, 0) is 9.59 Å². The molecule has 3 fully saturated rings. The van der Waals surface area contributed by atoms with Gasteiger partial charge in [-0.05, 0) is 55.7 Å². The first kappa shape index (κ1) is 22.6. The van der Waals surface area contributed by atoms with Crippen molar-refractivity contribution in [3.8, 4) is 0 Å². The van der Waals surface area contributed by atoms with Crippen molar-refractivity contribution in [2.24, 2.45) is 5.92 Å². The molecule has 1 aromatic rings. The van der Waals surface area contributed by atoms with E-state index in [0.29, 0.717) is 25.6 Å². The Labute approximate surface area is 191 Å². The van der Waals surface area contributed by atoms with Crippen LogP contribution in [0.2, 0.25) is 0 Å². The molecule has 0 aliphatic carbocycles. The first-order valence-electron chi connectivity index (χ1n) is 12.2. The molecule has 3 heterocycles. The minimum absolute atomic E-state index is 0.00407. The first-order chi connectivity index (χ1) is 15.4. The van der Waals surface area contributed by atoms with Crippen molar-refractivity contribution < 1.29 is 14.4 Å². The van der Waals surface area contributed by atoms with E-state index in [9.17, 15) is 14.4 Å². The van der Waals surface area contributed by atoms with Gasteiger partial charge in [0, 0.05) is 50.9 Å². The molecule has 1 unspecified atom stereocenters. The van der Waals surface area contributed by atoms with Gasteiger partial charge in [-0.2, -0.15) is 0 Å². The lowest BCUT2D eigenvalue weighted by atomic mass is 10.0. The number of nitrogens with zero attached hydrogens (tertiary/aromatic N) is 3. The molecule has 1 N–H and O–H groups in total. The third-order valence-corrected chi connectivity index (χ3v) is 7.11. The predicted molar refractivity (Wildman–Crippen MR) is 125 cm³/mol. The molecule has 0 spiro atoms. The summed E-state index contributed by atoms with van der Waals surface area (Å²) >= 11 is 0. The topological polar surface area (TPSA) is 73.0 Å². The van der Waals surface area contributed by atoms with E-state index in [4.69, 9.17) is 0 Å². The number of nitrogens with one attached hydrogen (secondary N) is 1. The normalized spacial score (nSPS) is 22.5. The number of rotatable bonds is 4. The molecule has 7 nitrogen and oxygen atoms in total. The van der Waals surface area contributed by atoms with E-state index in [0.717, 1.165) is 44.5 Å². The molecule has 0 saturated carbocycles. The number of hydrogen-bond acceptors (Lipinski definition) is 3. The Bertz CT molecular complexity index is 824. The smallest absolute Gasteiger partial charge is 0.319 e. The van der Waals surface area contributed by atoms with E-state index < -0.39 is 0 Å². The summed E-state index contributed by atoms with van der Waals surface area (Å²) in [5.74, 6) is 0.0866. The molecule has 1 aromatic carbocycles. The maximum atomic E-state index is 12.9. The largest absolute Gasteiger partial charge is 0.353 e. The van der Waals surface area contributed by atoms with E-state index in [1.165, 1.54) is 12.0 Å². The fourth-order valence-electron chi connectivity index (χ4n) is 4.99. The van der Waals surface area contributed by atoms with Gasteiger partial charge in [0.1, 0.15) is 0 Å². The van der Waals surface area contributed by atoms with Crippen molar-refractivity contribution in [2.75, 3.05) is 37.6 Å². The highest BCUT2D eigenvalue weighted by Crippen LogP contribution is 2.27. The summed E-state index contributed by atoms with van der Waals surface area (Å²) in [5.41, 5.74) is 2.10. The summed E-state index contributed by atoms with van der Waals surface area (Å²) in [7, 11) is 0. The van der Waals surface area contributed by atoms with Gasteiger partial charge in [0.2, 0.25) is 11.8 Å². The number of urea groups is 1. The van der Waals surface area contributed by atoms with Crippen LogP contribution in [0.1, 0.15) is 63.9 Å². The molecule has 3 aliphatic heterocycles. The predicted octanol–water partition coefficient (Wildman–Crippen LogP) is 3.35. The maximum Gasteiger partial charge on any atom is 0.319 e. The Morgan fingerprint density at radius 2 is 1.56 bits per heavy atom. The summed E-state index contributed by atoms with van der Waals surface area (Å²) in [6, 6.07) is 8.28. The molecule has 0 radical (unpaired) electrons. The van der Waals surface area contributed by atoms with Gasteiger partial charge in [0.25, 0.3) is 0 Å². The summed E-state index contributed by atoms with van der Waals surface area (Å²) in [6.45, 7) is 7.80. The number of anilines is 1. The Morgan fingerprint density at radius 1 is 0.938 bits per heavy atom. The number of benzene rings is 1. The van der Waals surface area contributed by atoms with E-state index in [1.807, 2.05) is 21.9 Å². The Balaban J connectivity index is 1.26. The van der Waals surface area contributed by atoms with Gasteiger partial charge in [0.05, 0.1) is 5.92 Å². The second-order valence-electron chi connectivity index (χ2n) is 9.75. The molecule has 3 aliphatic rings. The standard InChI is InChI=1S/C25H36N4O3/c1-18(2)19-6-8-22(9-7-19)29-17-20(16-23(29)30)24(31)26-21-10-14-28(15-11-21)25(32)27-12-4-3-5-13-27/h6-9,18,20-21H,3-5,10-17H2,1-2H3,(H,26,31). The number of likely N-dealkylation sites (tertiary alicyclic amines) is 2. The van der Waals surface area contributed by atoms with Crippen LogP contribution in [0.3, 0.4) is 0 Å². The van der Waals surface area contributed by atoms with Crippen LogP contribution in [0.25, 0.3) is 0 Å². The number of carbonyl (C=O) groups is 3. The molecular weight excluding hydrogens is 404 g/mol. The minimum Gasteiger partial charge on any atom is -0.353 e. The number of hydrogen-bond donors (Lipinski definition) is 1. The molecule has 174 valence electrons. The summed E-state index contributed by atoms with van der Waals surface area (Å²) in [5, 5.41) is 3.15. The van der Waals surface area contributed by atoms with Crippen LogP contribution in [0.15, 0.2) is 24.3 Å². The second-order valence-corrected chi connectivity index (χ2v) is 9.75. The number of amides is 4. The third kappa shape index (κ3) is 5.08. The Kier molecular flexibility index (Phi) is 7.01. The van der Waals surface area contributed by atoms with Crippen LogP contribution in [0, 0.1) is 5.92 Å². The molecule has 4 amide bonds. The van der Waals surface area contributed by atoms with Gasteiger partial charge < -0.3 is 20.0 Å². The van der Waals surface area contributed by atoms with Crippen molar-refractivity contribution in [3.63, 3.8) is 0 Å². The Morgan fingerprint density at radius 3 is 2.19 bits per heavy atom. The highest BCUT2D eigenvalue weighted by Gasteiger charge is 2.36. The maximum absolute atomic E-state index is 12.9. The van der Waals surface area contributed by atoms with E-state index in [1.54, 1.807) is 4.90 Å². The average Bonchev–Trinajstić information content (AvgIpc) is 3.21. The summed E-state index contributed by atoms with van der Waals surface area (Å²) < 4.78 is 0. The van der Waals surface area contributed by atoms with Gasteiger partial charge in [-0.3, -0.25) is 9.59 Å². The van der Waals surface area contributed by atoms with Crippen molar-refractivity contribution in [2.45, 2.75) is 64.3 Å². The molecule has 1 atom stereocenters. The van der Waals surface area contributed by atoms with Crippen molar-refractivity contribution in [1.29, 1.82) is 0 Å². The summed E-state index contributed by atoms with van der Waals surface area (Å²) in [6.07, 6.45) is 5.19. The lowest BCUT2D eigenvalue weighted by Gasteiger charge is -2.37. The van der Waals surface area contributed by atoms with Crippen LogP contribution < -0.4 is 10.2 Å². The van der Waals surface area contributed by atoms with E-state index in [-0.39, 0.29) is 36.2 Å². The van der Waals surface area contributed by atoms with Gasteiger partial charge in [-0.25, -0.2) is 4.79 Å². The zero-order valence-corrected chi connectivity index (χ0v) is 19.4. The first-order valence-corrected chi connectivity index (χ1v) is 12.2.